The summed E-state index contributed by atoms with van der Waals surface area (Å²) in [5.41, 5.74) is -0.514. The fourth-order valence-corrected chi connectivity index (χ4v) is 2.75. The summed E-state index contributed by atoms with van der Waals surface area (Å²) in [4.78, 5) is 11.1. The lowest BCUT2D eigenvalue weighted by molar-refractivity contribution is -0.187. The molecule has 108 valence electrons. The Labute approximate surface area is 125 Å². The molecule has 1 aliphatic heterocycles. The highest BCUT2D eigenvalue weighted by atomic mass is 127. The molecular formula is C12H8F3IO4. The lowest BCUT2D eigenvalue weighted by Gasteiger charge is -2.29. The summed E-state index contributed by atoms with van der Waals surface area (Å²) in [6.45, 7) is 0. The van der Waals surface area contributed by atoms with Crippen molar-refractivity contribution in [3.05, 3.63) is 29.3 Å². The Morgan fingerprint density at radius 2 is 2.10 bits per heavy atom. The predicted molar refractivity (Wildman–Crippen MR) is 72.0 cm³/mol. The molecule has 1 aromatic carbocycles. The van der Waals surface area contributed by atoms with E-state index in [2.05, 4.69) is 0 Å². The van der Waals surface area contributed by atoms with Gasteiger partial charge in [-0.05, 0) is 34.7 Å². The molecule has 2 rings (SSSR count). The monoisotopic (exact) mass is 400 g/mol. The third kappa shape index (κ3) is 2.56. The minimum Gasteiger partial charge on any atom is -0.497 e. The second-order valence-electron chi connectivity index (χ2n) is 3.93. The van der Waals surface area contributed by atoms with Gasteiger partial charge in [-0.2, -0.15) is 13.2 Å². The van der Waals surface area contributed by atoms with Gasteiger partial charge in [-0.15, -0.1) is 0 Å². The van der Waals surface area contributed by atoms with Crippen molar-refractivity contribution in [3.8, 4) is 11.5 Å². The van der Waals surface area contributed by atoms with Crippen LogP contribution in [-0.4, -0.2) is 30.5 Å². The van der Waals surface area contributed by atoms with Crippen molar-refractivity contribution in [1.82, 2.24) is 0 Å². The molecule has 1 aromatic rings. The van der Waals surface area contributed by atoms with Crippen molar-refractivity contribution in [3.63, 3.8) is 0 Å². The third-order valence-corrected chi connectivity index (χ3v) is 3.86. The molecule has 0 spiro atoms. The maximum atomic E-state index is 12.9. The van der Waals surface area contributed by atoms with Gasteiger partial charge in [0, 0.05) is 15.2 Å². The molecule has 1 aliphatic rings. The lowest BCUT2D eigenvalue weighted by atomic mass is 10.0. The van der Waals surface area contributed by atoms with Crippen molar-refractivity contribution >= 4 is 32.1 Å². The summed E-state index contributed by atoms with van der Waals surface area (Å²) >= 11 is 1.58. The molecule has 0 bridgehead atoms. The fraction of sp³-hybridized carbons (Fsp3) is 0.250. The van der Waals surface area contributed by atoms with E-state index < -0.39 is 23.8 Å². The molecule has 8 heteroatoms. The Kier molecular flexibility index (Phi) is 3.85. The number of benzene rings is 1. The van der Waals surface area contributed by atoms with Gasteiger partial charge in [-0.25, -0.2) is 4.79 Å². The number of carbonyl (C=O) groups is 1. The average molecular weight is 400 g/mol. The zero-order valence-corrected chi connectivity index (χ0v) is 12.2. The second-order valence-corrected chi connectivity index (χ2v) is 5.01. The van der Waals surface area contributed by atoms with Crippen molar-refractivity contribution in [2.24, 2.45) is 0 Å². The number of carboxylic acid groups (broad SMARTS) is 1. The first kappa shape index (κ1) is 14.9. The van der Waals surface area contributed by atoms with E-state index in [-0.39, 0.29) is 9.33 Å². The van der Waals surface area contributed by atoms with Crippen LogP contribution in [-0.2, 0) is 4.79 Å². The standard InChI is InChI=1S/C12H8F3IO4/c1-19-5-2-3-6-7(4-5)20-10(12(13,14)15)8(9(6)16)11(17)18/h2-4,10H,1H3,(H,17,18). The van der Waals surface area contributed by atoms with Crippen LogP contribution in [0.3, 0.4) is 0 Å². The van der Waals surface area contributed by atoms with Gasteiger partial charge in [0.2, 0.25) is 6.10 Å². The van der Waals surface area contributed by atoms with Crippen LogP contribution < -0.4 is 9.47 Å². The maximum absolute atomic E-state index is 12.9. The maximum Gasteiger partial charge on any atom is 0.430 e. The topological polar surface area (TPSA) is 55.8 Å². The number of halogens is 4. The number of hydrogen-bond acceptors (Lipinski definition) is 3. The van der Waals surface area contributed by atoms with Crippen LogP contribution in [0.5, 0.6) is 11.5 Å². The normalized spacial score (nSPS) is 18.4. The number of alkyl halides is 3. The highest BCUT2D eigenvalue weighted by molar-refractivity contribution is 14.1. The van der Waals surface area contributed by atoms with Gasteiger partial charge in [0.15, 0.2) is 0 Å². The molecule has 1 unspecified atom stereocenters. The minimum atomic E-state index is -4.81. The van der Waals surface area contributed by atoms with Gasteiger partial charge >= 0.3 is 12.1 Å². The summed E-state index contributed by atoms with van der Waals surface area (Å²) < 4.78 is 48.6. The Morgan fingerprint density at radius 1 is 1.45 bits per heavy atom. The lowest BCUT2D eigenvalue weighted by Crippen LogP contribution is -2.40. The van der Waals surface area contributed by atoms with E-state index in [1.165, 1.54) is 25.3 Å². The molecule has 1 atom stereocenters. The molecule has 4 nitrogen and oxygen atoms in total. The van der Waals surface area contributed by atoms with Crippen molar-refractivity contribution in [2.45, 2.75) is 12.3 Å². The number of hydrogen-bond donors (Lipinski definition) is 1. The Hall–Kier alpha value is -1.45. The quantitative estimate of drug-likeness (QED) is 0.775. The van der Waals surface area contributed by atoms with Crippen LogP contribution in [0.2, 0.25) is 0 Å². The summed E-state index contributed by atoms with van der Waals surface area (Å²) in [7, 11) is 1.37. The molecule has 1 N–H and O–H groups in total. The van der Waals surface area contributed by atoms with Crippen LogP contribution in [0.15, 0.2) is 23.8 Å². The van der Waals surface area contributed by atoms with E-state index in [9.17, 15) is 18.0 Å². The SMILES string of the molecule is COc1ccc2c(c1)OC(C(F)(F)F)C(C(=O)O)=C2I. The van der Waals surface area contributed by atoms with Gasteiger partial charge in [0.25, 0.3) is 0 Å². The summed E-state index contributed by atoms with van der Waals surface area (Å²) in [6, 6.07) is 4.28. The van der Waals surface area contributed by atoms with Crippen molar-refractivity contribution in [2.75, 3.05) is 7.11 Å². The van der Waals surface area contributed by atoms with Gasteiger partial charge in [0.05, 0.1) is 7.11 Å². The molecule has 0 fully saturated rings. The molecule has 0 saturated heterocycles. The van der Waals surface area contributed by atoms with E-state index in [1.807, 2.05) is 0 Å². The smallest absolute Gasteiger partial charge is 0.430 e. The van der Waals surface area contributed by atoms with Crippen LogP contribution in [0, 0.1) is 0 Å². The molecule has 20 heavy (non-hydrogen) atoms. The molecule has 0 aromatic heterocycles. The van der Waals surface area contributed by atoms with Gasteiger partial charge in [0.1, 0.15) is 17.1 Å². The first-order valence-electron chi connectivity index (χ1n) is 5.30. The van der Waals surface area contributed by atoms with E-state index in [0.717, 1.165) is 0 Å². The highest BCUT2D eigenvalue weighted by Crippen LogP contribution is 2.45. The van der Waals surface area contributed by atoms with Crippen LogP contribution >= 0.6 is 22.6 Å². The molecule has 1 heterocycles. The number of rotatable bonds is 2. The largest absolute Gasteiger partial charge is 0.497 e. The molecule has 0 radical (unpaired) electrons. The minimum absolute atomic E-state index is 0.00123. The van der Waals surface area contributed by atoms with Crippen molar-refractivity contribution in [1.29, 1.82) is 0 Å². The second kappa shape index (κ2) is 5.15. The first-order valence-corrected chi connectivity index (χ1v) is 6.38. The summed E-state index contributed by atoms with van der Waals surface area (Å²) in [5, 5.41) is 9.00. The molecule has 0 saturated carbocycles. The van der Waals surface area contributed by atoms with Crippen LogP contribution in [0.4, 0.5) is 13.2 Å². The Morgan fingerprint density at radius 3 is 2.60 bits per heavy atom. The molecule has 0 amide bonds. The number of aliphatic carboxylic acids is 1. The number of carboxylic acids is 1. The van der Waals surface area contributed by atoms with E-state index >= 15 is 0 Å². The number of ether oxygens (including phenoxy) is 2. The number of fused-ring (bicyclic) bond motifs is 1. The first-order chi connectivity index (χ1) is 9.25. The van der Waals surface area contributed by atoms with Gasteiger partial charge < -0.3 is 14.6 Å². The summed E-state index contributed by atoms with van der Waals surface area (Å²) in [5.74, 6) is -1.38. The zero-order valence-electron chi connectivity index (χ0n) is 9.99. The average Bonchev–Trinajstić information content (AvgIpc) is 2.36. The zero-order chi connectivity index (χ0) is 15.1. The molecular weight excluding hydrogens is 392 g/mol. The fourth-order valence-electron chi connectivity index (χ4n) is 1.79. The predicted octanol–water partition coefficient (Wildman–Crippen LogP) is 3.25. The number of methoxy groups -OCH3 is 1. The van der Waals surface area contributed by atoms with Gasteiger partial charge in [-0.3, -0.25) is 0 Å². The van der Waals surface area contributed by atoms with Crippen LogP contribution in [0.25, 0.3) is 3.58 Å². The molecule has 0 aliphatic carbocycles. The highest BCUT2D eigenvalue weighted by Gasteiger charge is 2.50. The summed E-state index contributed by atoms with van der Waals surface area (Å²) in [6.07, 6.45) is -7.31. The Balaban J connectivity index is 2.63. The third-order valence-electron chi connectivity index (χ3n) is 2.70. The van der Waals surface area contributed by atoms with Crippen LogP contribution in [0.1, 0.15) is 5.56 Å². The van der Waals surface area contributed by atoms with Gasteiger partial charge in [-0.1, -0.05) is 0 Å². The Bertz CT molecular complexity index is 595. The van der Waals surface area contributed by atoms with E-state index in [4.69, 9.17) is 14.6 Å². The van der Waals surface area contributed by atoms with Crippen molar-refractivity contribution < 1.29 is 32.5 Å². The van der Waals surface area contributed by atoms with E-state index in [1.54, 1.807) is 22.6 Å². The van der Waals surface area contributed by atoms with E-state index in [0.29, 0.717) is 11.3 Å².